The van der Waals surface area contributed by atoms with Crippen LogP contribution in [0, 0.1) is 0 Å². The monoisotopic (exact) mass is 320 g/mol. The molecule has 1 aromatic carbocycles. The van der Waals surface area contributed by atoms with Gasteiger partial charge in [-0.1, -0.05) is 11.6 Å². The fraction of sp³-hybridized carbons (Fsp3) is 0.267. The third kappa shape index (κ3) is 3.65. The highest BCUT2D eigenvalue weighted by Gasteiger charge is 2.15. The summed E-state index contributed by atoms with van der Waals surface area (Å²) in [6.07, 6.45) is 1.55. The zero-order chi connectivity index (χ0) is 16.3. The zero-order valence-corrected chi connectivity index (χ0v) is 13.4. The summed E-state index contributed by atoms with van der Waals surface area (Å²) in [7, 11) is 3.50. The summed E-state index contributed by atoms with van der Waals surface area (Å²) in [6, 6.07) is 6.74. The van der Waals surface area contributed by atoms with Gasteiger partial charge in [-0.05, 0) is 24.3 Å². The van der Waals surface area contributed by atoms with E-state index in [0.29, 0.717) is 28.8 Å². The lowest BCUT2D eigenvalue weighted by Crippen LogP contribution is -2.27. The Labute approximate surface area is 133 Å². The molecule has 1 N–H and O–H groups in total. The summed E-state index contributed by atoms with van der Waals surface area (Å²) in [6.45, 7) is 1.79. The highest BCUT2D eigenvalue weighted by molar-refractivity contribution is 6.29. The molecule has 2 rings (SSSR count). The van der Waals surface area contributed by atoms with E-state index in [9.17, 15) is 9.59 Å². The van der Waals surface area contributed by atoms with Gasteiger partial charge in [-0.3, -0.25) is 9.59 Å². The van der Waals surface area contributed by atoms with Crippen LogP contribution in [-0.2, 0) is 18.4 Å². The maximum Gasteiger partial charge on any atom is 0.254 e. The van der Waals surface area contributed by atoms with Gasteiger partial charge in [0, 0.05) is 32.3 Å². The zero-order valence-electron chi connectivity index (χ0n) is 12.6. The number of benzene rings is 1. The molecule has 0 radical (unpaired) electrons. The molecular weight excluding hydrogens is 304 g/mol. The first-order chi connectivity index (χ1) is 10.4. The summed E-state index contributed by atoms with van der Waals surface area (Å²) in [5.41, 5.74) is 1.19. The quantitative estimate of drug-likeness (QED) is 0.940. The Morgan fingerprint density at radius 3 is 2.45 bits per heavy atom. The molecule has 0 fully saturated rings. The third-order valence-electron chi connectivity index (χ3n) is 3.21. The molecule has 116 valence electrons. The number of carbonyl (C=O) groups is 2. The van der Waals surface area contributed by atoms with Crippen LogP contribution in [0.1, 0.15) is 23.1 Å². The Bertz CT molecular complexity index is 694. The van der Waals surface area contributed by atoms with Gasteiger partial charge in [0.25, 0.3) is 5.91 Å². The van der Waals surface area contributed by atoms with E-state index in [1.165, 1.54) is 6.92 Å². The predicted molar refractivity (Wildman–Crippen MR) is 84.8 cm³/mol. The van der Waals surface area contributed by atoms with Crippen molar-refractivity contribution in [3.63, 3.8) is 0 Å². The lowest BCUT2D eigenvalue weighted by Gasteiger charge is -2.17. The smallest absolute Gasteiger partial charge is 0.254 e. The van der Waals surface area contributed by atoms with Gasteiger partial charge in [-0.25, -0.2) is 4.98 Å². The summed E-state index contributed by atoms with van der Waals surface area (Å²) in [5, 5.41) is 3.18. The molecule has 7 heteroatoms. The minimum absolute atomic E-state index is 0.131. The Kier molecular flexibility index (Phi) is 4.82. The highest BCUT2D eigenvalue weighted by atomic mass is 35.5. The van der Waals surface area contributed by atoms with E-state index in [-0.39, 0.29) is 11.8 Å². The van der Waals surface area contributed by atoms with Crippen LogP contribution in [0.2, 0.25) is 5.15 Å². The molecule has 0 atom stereocenters. The molecule has 0 aliphatic carbocycles. The number of halogens is 1. The van der Waals surface area contributed by atoms with Gasteiger partial charge in [-0.2, -0.15) is 0 Å². The fourth-order valence-corrected chi connectivity index (χ4v) is 2.12. The van der Waals surface area contributed by atoms with Crippen LogP contribution >= 0.6 is 11.6 Å². The fourth-order valence-electron chi connectivity index (χ4n) is 1.97. The summed E-state index contributed by atoms with van der Waals surface area (Å²) in [4.78, 5) is 29.1. The van der Waals surface area contributed by atoms with E-state index in [2.05, 4.69) is 10.3 Å². The lowest BCUT2D eigenvalue weighted by atomic mass is 10.2. The Hall–Kier alpha value is -2.34. The number of anilines is 1. The van der Waals surface area contributed by atoms with Crippen molar-refractivity contribution < 1.29 is 9.59 Å². The van der Waals surface area contributed by atoms with Gasteiger partial charge >= 0.3 is 0 Å². The number of amides is 2. The Morgan fingerprint density at radius 1 is 1.32 bits per heavy atom. The topological polar surface area (TPSA) is 67.2 Å². The first-order valence-electron chi connectivity index (χ1n) is 6.67. The summed E-state index contributed by atoms with van der Waals surface area (Å²) < 4.78 is 1.73. The number of rotatable bonds is 4. The molecule has 1 heterocycles. The van der Waals surface area contributed by atoms with Gasteiger partial charge in [0.15, 0.2) is 0 Å². The Morgan fingerprint density at radius 2 is 1.95 bits per heavy atom. The predicted octanol–water partition coefficient (Wildman–Crippen LogP) is 2.30. The van der Waals surface area contributed by atoms with Crippen LogP contribution in [0.25, 0.3) is 0 Å². The van der Waals surface area contributed by atoms with E-state index in [0.717, 1.165) is 0 Å². The molecule has 6 nitrogen and oxygen atoms in total. The average molecular weight is 321 g/mol. The van der Waals surface area contributed by atoms with E-state index < -0.39 is 0 Å². The van der Waals surface area contributed by atoms with Crippen LogP contribution in [0.4, 0.5) is 5.69 Å². The van der Waals surface area contributed by atoms with Crippen molar-refractivity contribution in [2.24, 2.45) is 7.05 Å². The largest absolute Gasteiger partial charge is 0.334 e. The average Bonchev–Trinajstić information content (AvgIpc) is 2.78. The van der Waals surface area contributed by atoms with Crippen molar-refractivity contribution in [1.82, 2.24) is 14.5 Å². The van der Waals surface area contributed by atoms with Crippen molar-refractivity contribution in [2.45, 2.75) is 13.5 Å². The van der Waals surface area contributed by atoms with Gasteiger partial charge in [0.1, 0.15) is 11.0 Å². The number of nitrogens with one attached hydrogen (secondary N) is 1. The minimum Gasteiger partial charge on any atom is -0.334 e. The minimum atomic E-state index is -0.150. The lowest BCUT2D eigenvalue weighted by molar-refractivity contribution is -0.114. The van der Waals surface area contributed by atoms with Crippen LogP contribution < -0.4 is 5.32 Å². The van der Waals surface area contributed by atoms with Crippen molar-refractivity contribution in [2.75, 3.05) is 12.4 Å². The normalized spacial score (nSPS) is 10.4. The Balaban J connectivity index is 2.07. The first kappa shape index (κ1) is 16.0. The van der Waals surface area contributed by atoms with E-state index in [4.69, 9.17) is 11.6 Å². The molecular formula is C15H17ClN4O2. The molecule has 0 saturated carbocycles. The summed E-state index contributed by atoms with van der Waals surface area (Å²) >= 11 is 5.93. The van der Waals surface area contributed by atoms with Crippen LogP contribution in [0.5, 0.6) is 0 Å². The second-order valence-electron chi connectivity index (χ2n) is 4.98. The first-order valence-corrected chi connectivity index (χ1v) is 7.05. The SMILES string of the molecule is CC(=O)Nc1ccc(C(=O)N(C)Cc2ncc(Cl)n2C)cc1. The standard InChI is InChI=1S/C15H17ClN4O2/c1-10(21)18-12-6-4-11(5-7-12)15(22)19(2)9-14-17-8-13(16)20(14)3/h4-8H,9H2,1-3H3,(H,18,21). The molecule has 0 aliphatic heterocycles. The van der Waals surface area contributed by atoms with Crippen LogP contribution in [0.15, 0.2) is 30.5 Å². The van der Waals surface area contributed by atoms with Gasteiger partial charge < -0.3 is 14.8 Å². The van der Waals surface area contributed by atoms with Crippen molar-refractivity contribution >= 4 is 29.1 Å². The maximum atomic E-state index is 12.4. The number of nitrogens with zero attached hydrogens (tertiary/aromatic N) is 3. The van der Waals surface area contributed by atoms with Gasteiger partial charge in [0.05, 0.1) is 12.7 Å². The van der Waals surface area contributed by atoms with Crippen LogP contribution in [-0.4, -0.2) is 33.3 Å². The van der Waals surface area contributed by atoms with Crippen molar-refractivity contribution in [3.05, 3.63) is 47.0 Å². The number of imidazole rings is 1. The molecule has 0 unspecified atom stereocenters. The molecule has 0 aliphatic rings. The molecule has 22 heavy (non-hydrogen) atoms. The van der Waals surface area contributed by atoms with Crippen LogP contribution in [0.3, 0.4) is 0 Å². The number of carbonyl (C=O) groups excluding carboxylic acids is 2. The highest BCUT2D eigenvalue weighted by Crippen LogP contribution is 2.14. The summed E-state index contributed by atoms with van der Waals surface area (Å²) in [5.74, 6) is 0.423. The third-order valence-corrected chi connectivity index (χ3v) is 3.56. The molecule has 1 aromatic heterocycles. The maximum absolute atomic E-state index is 12.4. The second-order valence-corrected chi connectivity index (χ2v) is 5.36. The van der Waals surface area contributed by atoms with Gasteiger partial charge in [-0.15, -0.1) is 0 Å². The van der Waals surface area contributed by atoms with E-state index in [1.807, 2.05) is 0 Å². The molecule has 0 bridgehead atoms. The van der Waals surface area contributed by atoms with Gasteiger partial charge in [0.2, 0.25) is 5.91 Å². The number of hydrogen-bond donors (Lipinski definition) is 1. The molecule has 0 spiro atoms. The molecule has 0 saturated heterocycles. The van der Waals surface area contributed by atoms with Crippen molar-refractivity contribution in [3.8, 4) is 0 Å². The van der Waals surface area contributed by atoms with E-state index in [1.54, 1.807) is 54.0 Å². The molecule has 2 amide bonds. The number of aromatic nitrogens is 2. The molecule has 2 aromatic rings. The number of hydrogen-bond acceptors (Lipinski definition) is 3. The van der Waals surface area contributed by atoms with E-state index >= 15 is 0 Å². The second kappa shape index (κ2) is 6.62. The van der Waals surface area contributed by atoms with Crippen molar-refractivity contribution in [1.29, 1.82) is 0 Å².